The molecule has 11 rings (SSSR count). The second kappa shape index (κ2) is 38.8. The summed E-state index contributed by atoms with van der Waals surface area (Å²) in [5, 5.41) is 47.3. The number of piperidine rings is 3. The Hall–Kier alpha value is -9.59. The van der Waals surface area contributed by atoms with Gasteiger partial charge in [-0.05, 0) is 147 Å². The number of morpholine rings is 2. The van der Waals surface area contributed by atoms with Crippen LogP contribution in [0, 0.1) is 34.8 Å². The third-order valence-corrected chi connectivity index (χ3v) is 16.6. The first-order valence-corrected chi connectivity index (χ1v) is 33.0. The van der Waals surface area contributed by atoms with Gasteiger partial charge < -0.3 is 36.2 Å². The molecule has 5 aliphatic heterocycles. The molecule has 3 unspecified atom stereocenters. The van der Waals surface area contributed by atoms with Crippen molar-refractivity contribution in [3.05, 3.63) is 219 Å². The van der Waals surface area contributed by atoms with E-state index in [0.29, 0.717) is 92.6 Å². The number of hydrogen-bond donors (Lipinski definition) is 6. The molecule has 22 heteroatoms. The molecule has 5 fully saturated rings. The minimum atomic E-state index is -0.811. The molecule has 0 radical (unpaired) electrons. The summed E-state index contributed by atoms with van der Waals surface area (Å²) in [6.45, 7) is 12.5. The highest BCUT2D eigenvalue weighted by atomic mass is 16.7. The van der Waals surface area contributed by atoms with Crippen molar-refractivity contribution in [3.63, 3.8) is 0 Å². The van der Waals surface area contributed by atoms with E-state index >= 15 is 0 Å². The van der Waals surface area contributed by atoms with Crippen LogP contribution in [0.3, 0.4) is 0 Å². The molecule has 0 bridgehead atoms. The van der Waals surface area contributed by atoms with Gasteiger partial charge in [-0.3, -0.25) is 53.8 Å². The van der Waals surface area contributed by atoms with Crippen LogP contribution in [0.25, 0.3) is 0 Å². The molecule has 97 heavy (non-hydrogen) atoms. The molecular weight excluding hydrogens is 1230 g/mol. The van der Waals surface area contributed by atoms with Crippen molar-refractivity contribution < 1.29 is 63.3 Å². The number of nitrogens with one attached hydrogen (secondary N) is 2. The largest absolute Gasteiger partial charge is 0.624 e. The Morgan fingerprint density at radius 1 is 0.577 bits per heavy atom. The number of benzene rings is 6. The van der Waals surface area contributed by atoms with E-state index in [1.165, 1.54) is 22.4 Å². The fourth-order valence-corrected chi connectivity index (χ4v) is 10.8. The number of carbonyl (C=O) groups is 6. The van der Waals surface area contributed by atoms with E-state index in [4.69, 9.17) is 25.2 Å². The van der Waals surface area contributed by atoms with Crippen molar-refractivity contribution in [1.29, 1.82) is 0 Å². The highest BCUT2D eigenvalue weighted by Crippen LogP contribution is 2.17. The molecule has 5 amide bonds. The van der Waals surface area contributed by atoms with Crippen LogP contribution in [0.15, 0.2) is 158 Å². The first-order valence-electron chi connectivity index (χ1n) is 33.0. The molecule has 6 aromatic carbocycles. The Morgan fingerprint density at radius 2 is 0.990 bits per heavy atom. The molecule has 0 spiro atoms. The lowest BCUT2D eigenvalue weighted by molar-refractivity contribution is -0.453. The number of hydroxylamine groups is 7. The molecule has 22 nitrogen and oxygen atoms in total. The Kier molecular flexibility index (Phi) is 29.3. The molecule has 5 aliphatic rings. The number of hydrogen-bond acceptors (Lipinski definition) is 15. The standard InChI is InChI=1S/2C25H27N3O4.C13H17NO3.C12H16N2O2/c2*29-24(26-23-2-1-13-28(31)25(23)30)22-11-9-20(10-12-22)4-3-19-5-7-21(8-6-19)18-27-14-16-32-17-15-27;1-11(13(15)16)6-5-9-14(17)10-12-7-3-2-4-8-12;13-11-7-4-8-14(12(11)15)16-9-10-5-2-1-3-6-10/h2*5-12,23,31H,1-2,13-18H2,(H,26,29);2-4,7-8,10-11H,5-6,9H2,1H3,(H,15,16);1-3,5-6,11H,4,7-9,13H2/t;;11-;/m..0./s1. The first kappa shape index (κ1) is 73.2. The fraction of sp³-hybridized carbons (Fsp3) is 0.373. The van der Waals surface area contributed by atoms with E-state index in [1.807, 2.05) is 84.9 Å². The third kappa shape index (κ3) is 24.8. The van der Waals surface area contributed by atoms with Crippen molar-refractivity contribution in [2.24, 2.45) is 11.7 Å². The summed E-state index contributed by atoms with van der Waals surface area (Å²) in [5.41, 5.74) is 14.5. The average molecular weight is 1320 g/mol. The van der Waals surface area contributed by atoms with Crippen LogP contribution in [0.2, 0.25) is 0 Å². The Labute approximate surface area is 567 Å². The number of carbonyl (C=O) groups excluding carboxylic acids is 5. The van der Waals surface area contributed by atoms with Crippen molar-refractivity contribution in [2.45, 2.75) is 96.1 Å². The minimum absolute atomic E-state index is 0.109. The molecule has 5 heterocycles. The zero-order valence-electron chi connectivity index (χ0n) is 54.8. The van der Waals surface area contributed by atoms with Crippen LogP contribution >= 0.6 is 0 Å². The summed E-state index contributed by atoms with van der Waals surface area (Å²) in [4.78, 5) is 81.1. The lowest BCUT2D eigenvalue weighted by atomic mass is 10.1. The quantitative estimate of drug-likeness (QED) is 0.0131. The highest BCUT2D eigenvalue weighted by molar-refractivity contribution is 5.98. The highest BCUT2D eigenvalue weighted by Gasteiger charge is 2.31. The monoisotopic (exact) mass is 1320 g/mol. The van der Waals surface area contributed by atoms with Crippen LogP contribution in [-0.4, -0.2) is 184 Å². The number of carboxylic acid groups (broad SMARTS) is 1. The zero-order chi connectivity index (χ0) is 68.7. The predicted molar refractivity (Wildman–Crippen MR) is 364 cm³/mol. The molecule has 0 aromatic heterocycles. The Balaban J connectivity index is 0.000000173. The number of nitrogens with two attached hydrogens (primary N) is 1. The maximum absolute atomic E-state index is 12.4. The van der Waals surface area contributed by atoms with E-state index in [9.17, 15) is 44.4 Å². The molecule has 0 saturated carbocycles. The maximum Gasteiger partial charge on any atom is 0.306 e. The SMILES string of the molecule is C[C@@H](CCC[N+]([O-])=Cc1ccccc1)C(=O)O.NC1CCCN(OCc2ccccc2)C1=O.O=C(NC1CCCN(O)C1=O)c1ccc(C#Cc2ccc(CN3CCOCC3)cc2)cc1.O=C(NC1CCCN(O)C1=O)c1ccc(C#Cc2ccc(CN3CCOCC3)cc2)cc1. The Morgan fingerprint density at radius 3 is 1.42 bits per heavy atom. The number of nitrogens with zero attached hydrogens (tertiary/aromatic N) is 6. The van der Waals surface area contributed by atoms with E-state index in [2.05, 4.69) is 68.4 Å². The van der Waals surface area contributed by atoms with Crippen LogP contribution in [-0.2, 0) is 53.2 Å². The fourth-order valence-electron chi connectivity index (χ4n) is 10.8. The summed E-state index contributed by atoms with van der Waals surface area (Å²) in [5.74, 6) is 9.62. The lowest BCUT2D eigenvalue weighted by Crippen LogP contribution is -2.51. The molecule has 0 aliphatic carbocycles. The molecule has 5 saturated heterocycles. The second-order valence-electron chi connectivity index (χ2n) is 24.1. The van der Waals surface area contributed by atoms with Crippen LogP contribution in [0.5, 0.6) is 0 Å². The normalized spacial score (nSPS) is 18.5. The van der Waals surface area contributed by atoms with Gasteiger partial charge in [-0.25, -0.2) is 19.9 Å². The summed E-state index contributed by atoms with van der Waals surface area (Å²) in [6.07, 6.45) is 6.63. The van der Waals surface area contributed by atoms with E-state index in [-0.39, 0.29) is 23.6 Å². The van der Waals surface area contributed by atoms with Gasteiger partial charge in [-0.1, -0.05) is 103 Å². The zero-order valence-corrected chi connectivity index (χ0v) is 54.8. The summed E-state index contributed by atoms with van der Waals surface area (Å²) in [7, 11) is 0. The number of rotatable bonds is 17. The minimum Gasteiger partial charge on any atom is -0.624 e. The van der Waals surface area contributed by atoms with Gasteiger partial charge >= 0.3 is 5.97 Å². The maximum atomic E-state index is 12.4. The molecule has 7 N–H and O–H groups in total. The van der Waals surface area contributed by atoms with Gasteiger partial charge in [0.15, 0.2) is 12.8 Å². The van der Waals surface area contributed by atoms with Crippen LogP contribution < -0.4 is 16.4 Å². The van der Waals surface area contributed by atoms with Crippen LogP contribution in [0.4, 0.5) is 0 Å². The second-order valence-corrected chi connectivity index (χ2v) is 24.1. The summed E-state index contributed by atoms with van der Waals surface area (Å²) >= 11 is 0. The number of carboxylic acids is 1. The van der Waals surface area contributed by atoms with Gasteiger partial charge in [0.2, 0.25) is 0 Å². The van der Waals surface area contributed by atoms with Crippen molar-refractivity contribution >= 4 is 41.7 Å². The summed E-state index contributed by atoms with van der Waals surface area (Å²) < 4.78 is 11.6. The van der Waals surface area contributed by atoms with Crippen LogP contribution in [0.1, 0.15) is 124 Å². The van der Waals surface area contributed by atoms with Gasteiger partial charge in [-0.2, -0.15) is 0 Å². The molecule has 6 aromatic rings. The third-order valence-electron chi connectivity index (χ3n) is 16.6. The van der Waals surface area contributed by atoms with Gasteiger partial charge in [0, 0.05) is 104 Å². The van der Waals surface area contributed by atoms with Gasteiger partial charge in [-0.15, -0.1) is 0 Å². The topological polar surface area (TPSA) is 283 Å². The van der Waals surface area contributed by atoms with E-state index in [0.717, 1.165) is 117 Å². The van der Waals surface area contributed by atoms with Crippen molar-refractivity contribution in [2.75, 3.05) is 78.8 Å². The molecule has 4 atom stereocenters. The predicted octanol–water partition coefficient (Wildman–Crippen LogP) is 7.24. The van der Waals surface area contributed by atoms with Crippen molar-refractivity contribution in [1.82, 2.24) is 35.6 Å². The van der Waals surface area contributed by atoms with E-state index in [1.54, 1.807) is 55.5 Å². The molecular formula is C75H87N9O13. The number of amides is 5. The number of ether oxygens (including phenoxy) is 2. The van der Waals surface area contributed by atoms with E-state index < -0.39 is 35.9 Å². The van der Waals surface area contributed by atoms with Gasteiger partial charge in [0.1, 0.15) is 18.7 Å². The summed E-state index contributed by atoms with van der Waals surface area (Å²) in [6, 6.07) is 47.8. The number of aliphatic carboxylic acids is 1. The first-order chi connectivity index (χ1) is 47.0. The van der Waals surface area contributed by atoms with Gasteiger partial charge in [0.05, 0.1) is 38.4 Å². The van der Waals surface area contributed by atoms with Gasteiger partial charge in [0.25, 0.3) is 29.5 Å². The van der Waals surface area contributed by atoms with Crippen molar-refractivity contribution in [3.8, 4) is 23.7 Å². The Bertz CT molecular complexity index is 3490. The average Bonchev–Trinajstić information content (AvgIpc) is 1.17. The molecule has 510 valence electrons. The lowest BCUT2D eigenvalue weighted by Gasteiger charge is -2.29. The smallest absolute Gasteiger partial charge is 0.306 e.